The van der Waals surface area contributed by atoms with Crippen molar-refractivity contribution in [3.05, 3.63) is 71.4 Å². The number of carbonyl (C=O) groups is 1. The van der Waals surface area contributed by atoms with Crippen LogP contribution >= 0.6 is 0 Å². The summed E-state index contributed by atoms with van der Waals surface area (Å²) in [5.74, 6) is 3.10. The van der Waals surface area contributed by atoms with E-state index in [1.807, 2.05) is 30.5 Å². The molecule has 2 aliphatic rings. The smallest absolute Gasteiger partial charge is 0.231 e. The average molecular weight is 500 g/mol. The van der Waals surface area contributed by atoms with E-state index >= 15 is 0 Å². The van der Waals surface area contributed by atoms with Gasteiger partial charge in [-0.1, -0.05) is 0 Å². The van der Waals surface area contributed by atoms with Crippen molar-refractivity contribution in [1.82, 2.24) is 0 Å². The third-order valence-corrected chi connectivity index (χ3v) is 7.15. The molecule has 1 atom stereocenters. The molecule has 4 aromatic rings. The summed E-state index contributed by atoms with van der Waals surface area (Å²) in [5, 5.41) is 1.64. The summed E-state index contributed by atoms with van der Waals surface area (Å²) in [6, 6.07) is 13.9. The molecule has 3 heterocycles. The van der Waals surface area contributed by atoms with Crippen molar-refractivity contribution in [3.63, 3.8) is 0 Å². The number of carbonyl (C=O) groups excluding carboxylic acids is 1. The first kappa shape index (κ1) is 23.1. The summed E-state index contributed by atoms with van der Waals surface area (Å²) in [7, 11) is 4.81. The quantitative estimate of drug-likeness (QED) is 0.317. The lowest BCUT2D eigenvalue weighted by molar-refractivity contribution is -0.686. The molecule has 1 aromatic heterocycles. The van der Waals surface area contributed by atoms with E-state index in [0.29, 0.717) is 35.1 Å². The Morgan fingerprint density at radius 2 is 1.70 bits per heavy atom. The van der Waals surface area contributed by atoms with Gasteiger partial charge in [-0.05, 0) is 54.1 Å². The van der Waals surface area contributed by atoms with Gasteiger partial charge in [-0.25, -0.2) is 0 Å². The summed E-state index contributed by atoms with van der Waals surface area (Å²) < 4.78 is 30.0. The number of hydrogen-bond donors (Lipinski definition) is 1. The first-order valence-electron chi connectivity index (χ1n) is 12.0. The first-order chi connectivity index (χ1) is 18.0. The van der Waals surface area contributed by atoms with Gasteiger partial charge >= 0.3 is 0 Å². The van der Waals surface area contributed by atoms with Crippen LogP contribution in [0, 0.1) is 0 Å². The number of methoxy groups -OCH3 is 3. The maximum atomic E-state index is 13.8. The van der Waals surface area contributed by atoms with Gasteiger partial charge in [0, 0.05) is 17.4 Å². The van der Waals surface area contributed by atoms with Crippen molar-refractivity contribution in [2.45, 2.75) is 19.0 Å². The van der Waals surface area contributed by atoms with E-state index in [4.69, 9.17) is 29.4 Å². The average Bonchev–Trinajstić information content (AvgIpc) is 3.40. The summed E-state index contributed by atoms with van der Waals surface area (Å²) in [4.78, 5) is 13.8. The van der Waals surface area contributed by atoms with Gasteiger partial charge < -0.3 is 29.4 Å². The molecule has 0 saturated heterocycles. The number of rotatable bonds is 6. The van der Waals surface area contributed by atoms with Crippen LogP contribution in [-0.4, -0.2) is 33.9 Å². The molecular formula is C29H27N2O6+. The number of fused-ring (bicyclic) bond motifs is 5. The number of ether oxygens (including phenoxy) is 5. The van der Waals surface area contributed by atoms with E-state index < -0.39 is 6.04 Å². The fourth-order valence-corrected chi connectivity index (χ4v) is 5.33. The SMILES string of the molecule is COc1ccc(C(=O)C(N)c2c3[n+](cc4c(OC)c(OC)ccc24)CCc2cc4c(cc2-3)OCO4)cc1. The van der Waals surface area contributed by atoms with Crippen LogP contribution < -0.4 is 34.0 Å². The summed E-state index contributed by atoms with van der Waals surface area (Å²) in [5.41, 5.74) is 11.0. The molecule has 0 fully saturated rings. The topological polar surface area (TPSA) is 93.1 Å². The Hall–Kier alpha value is -4.30. The van der Waals surface area contributed by atoms with Crippen LogP contribution in [0.25, 0.3) is 22.0 Å². The molecule has 2 N–H and O–H groups in total. The van der Waals surface area contributed by atoms with Gasteiger partial charge in [-0.15, -0.1) is 0 Å². The lowest BCUT2D eigenvalue weighted by Gasteiger charge is -2.23. The van der Waals surface area contributed by atoms with Crippen molar-refractivity contribution in [3.8, 4) is 40.0 Å². The highest BCUT2D eigenvalue weighted by Crippen LogP contribution is 2.45. The lowest BCUT2D eigenvalue weighted by Crippen LogP contribution is -2.42. The van der Waals surface area contributed by atoms with Crippen LogP contribution in [-0.2, 0) is 13.0 Å². The van der Waals surface area contributed by atoms with Gasteiger partial charge in [-0.2, -0.15) is 4.57 Å². The number of nitrogens with two attached hydrogens (primary N) is 1. The molecule has 0 amide bonds. The largest absolute Gasteiger partial charge is 0.497 e. The molecule has 1 unspecified atom stereocenters. The second-order valence-corrected chi connectivity index (χ2v) is 9.03. The molecule has 2 aliphatic heterocycles. The Labute approximate surface area is 214 Å². The molecule has 0 aliphatic carbocycles. The van der Waals surface area contributed by atoms with Crippen molar-refractivity contribution in [2.24, 2.45) is 5.73 Å². The van der Waals surface area contributed by atoms with E-state index in [9.17, 15) is 4.79 Å². The van der Waals surface area contributed by atoms with Gasteiger partial charge in [0.2, 0.25) is 12.5 Å². The van der Waals surface area contributed by atoms with Gasteiger partial charge in [0.25, 0.3) is 0 Å². The maximum absolute atomic E-state index is 13.8. The molecule has 37 heavy (non-hydrogen) atoms. The monoisotopic (exact) mass is 499 g/mol. The first-order valence-corrected chi connectivity index (χ1v) is 12.0. The lowest BCUT2D eigenvalue weighted by atomic mass is 9.86. The zero-order valence-electron chi connectivity index (χ0n) is 20.9. The van der Waals surface area contributed by atoms with Crippen molar-refractivity contribution < 1.29 is 33.0 Å². The van der Waals surface area contributed by atoms with Crippen LogP contribution in [0.4, 0.5) is 0 Å². The summed E-state index contributed by atoms with van der Waals surface area (Å²) in [6.45, 7) is 0.893. The van der Waals surface area contributed by atoms with Crippen LogP contribution in [0.15, 0.2) is 54.7 Å². The highest BCUT2D eigenvalue weighted by molar-refractivity contribution is 6.05. The molecule has 3 aromatic carbocycles. The number of hydrogen-bond acceptors (Lipinski definition) is 7. The predicted octanol–water partition coefficient (Wildman–Crippen LogP) is 3.99. The highest BCUT2D eigenvalue weighted by Gasteiger charge is 2.36. The molecular weight excluding hydrogens is 472 g/mol. The Bertz CT molecular complexity index is 1550. The van der Waals surface area contributed by atoms with Crippen molar-refractivity contribution in [1.29, 1.82) is 0 Å². The standard InChI is InChI=1S/C29H27N2O6/c1-33-18-6-4-16(5-7-18)28(32)26(30)25-19-8-9-22(34-2)29(35-3)21(19)14-31-11-10-17-12-23-24(37-15-36-23)13-20(17)27(25)31/h4-9,12-14,26H,10-11,15,30H2,1-3H3/q+1. The minimum absolute atomic E-state index is 0.190. The van der Waals surface area contributed by atoms with Crippen molar-refractivity contribution >= 4 is 16.6 Å². The number of aromatic nitrogens is 1. The highest BCUT2D eigenvalue weighted by atomic mass is 16.7. The summed E-state index contributed by atoms with van der Waals surface area (Å²) in [6.07, 6.45) is 2.84. The van der Waals surface area contributed by atoms with E-state index in [1.165, 1.54) is 0 Å². The van der Waals surface area contributed by atoms with Gasteiger partial charge in [0.1, 0.15) is 11.8 Å². The molecule has 8 nitrogen and oxygen atoms in total. The minimum atomic E-state index is -0.937. The zero-order chi connectivity index (χ0) is 25.7. The second-order valence-electron chi connectivity index (χ2n) is 9.03. The van der Waals surface area contributed by atoms with Crippen LogP contribution in [0.3, 0.4) is 0 Å². The molecule has 0 bridgehead atoms. The van der Waals surface area contributed by atoms with Gasteiger partial charge in [-0.3, -0.25) is 4.79 Å². The third kappa shape index (κ3) is 3.64. The Kier molecular flexibility index (Phi) is 5.61. The van der Waals surface area contributed by atoms with Crippen molar-refractivity contribution in [2.75, 3.05) is 28.1 Å². The van der Waals surface area contributed by atoms with E-state index in [-0.39, 0.29) is 12.6 Å². The normalized spacial score (nSPS) is 14.1. The Morgan fingerprint density at radius 1 is 0.946 bits per heavy atom. The number of pyridine rings is 1. The van der Waals surface area contributed by atoms with Gasteiger partial charge in [0.15, 0.2) is 41.5 Å². The van der Waals surface area contributed by atoms with E-state index in [0.717, 1.165) is 45.3 Å². The molecule has 8 heteroatoms. The summed E-state index contributed by atoms with van der Waals surface area (Å²) >= 11 is 0. The van der Waals surface area contributed by atoms with Gasteiger partial charge in [0.05, 0.1) is 37.8 Å². The van der Waals surface area contributed by atoms with Crippen LogP contribution in [0.5, 0.6) is 28.7 Å². The second kappa shape index (κ2) is 8.97. The number of aryl methyl sites for hydroxylation is 2. The molecule has 0 spiro atoms. The number of ketones is 1. The Balaban J connectivity index is 1.62. The number of nitrogens with zero attached hydrogens (tertiary/aromatic N) is 1. The van der Waals surface area contributed by atoms with Crippen LogP contribution in [0.2, 0.25) is 0 Å². The number of benzene rings is 3. The predicted molar refractivity (Wildman–Crippen MR) is 137 cm³/mol. The fourth-order valence-electron chi connectivity index (χ4n) is 5.33. The molecule has 188 valence electrons. The maximum Gasteiger partial charge on any atom is 0.231 e. The molecule has 0 radical (unpaired) electrons. The Morgan fingerprint density at radius 3 is 2.41 bits per heavy atom. The minimum Gasteiger partial charge on any atom is -0.497 e. The number of Topliss-reactive ketones (excluding diaryl/α,β-unsaturated/α-hetero) is 1. The zero-order valence-corrected chi connectivity index (χ0v) is 20.9. The molecule has 6 rings (SSSR count). The third-order valence-electron chi connectivity index (χ3n) is 7.15. The van der Waals surface area contributed by atoms with Crippen LogP contribution in [0.1, 0.15) is 27.5 Å². The fraction of sp³-hybridized carbons (Fsp3) is 0.241. The van der Waals surface area contributed by atoms with E-state index in [1.54, 1.807) is 45.6 Å². The molecule has 0 saturated carbocycles. The van der Waals surface area contributed by atoms with E-state index in [2.05, 4.69) is 4.57 Å².